The van der Waals surface area contributed by atoms with Crippen molar-refractivity contribution in [2.24, 2.45) is 0 Å². The molecule has 0 amide bonds. The molecule has 0 bridgehead atoms. The van der Waals surface area contributed by atoms with E-state index in [1.807, 2.05) is 72.8 Å². The summed E-state index contributed by atoms with van der Waals surface area (Å²) in [6.07, 6.45) is 2.02. The van der Waals surface area contributed by atoms with E-state index in [-0.39, 0.29) is 12.7 Å². The Bertz CT molecular complexity index is 1400. The van der Waals surface area contributed by atoms with Gasteiger partial charge in [0.05, 0.1) is 46.8 Å². The van der Waals surface area contributed by atoms with Crippen molar-refractivity contribution in [3.8, 4) is 17.2 Å². The lowest BCUT2D eigenvalue weighted by Gasteiger charge is -2.32. The van der Waals surface area contributed by atoms with Crippen molar-refractivity contribution in [3.63, 3.8) is 0 Å². The molecule has 1 heterocycles. The van der Waals surface area contributed by atoms with Gasteiger partial charge in [0.2, 0.25) is 0 Å². The average Bonchev–Trinajstić information content (AvgIpc) is 3.09. The summed E-state index contributed by atoms with van der Waals surface area (Å²) in [5.74, 6) is 2.93. The summed E-state index contributed by atoms with van der Waals surface area (Å²) in [5, 5.41) is 14.6. The minimum absolute atomic E-state index is 0.0429. The number of hydrogen-bond acceptors (Lipinski definition) is 8. The van der Waals surface area contributed by atoms with E-state index in [1.54, 1.807) is 21.3 Å². The summed E-state index contributed by atoms with van der Waals surface area (Å²) < 4.78 is 33.1. The second kappa shape index (κ2) is 18.2. The number of rotatable bonds is 14. The Morgan fingerprint density at radius 1 is 0.841 bits per heavy atom. The Hall–Kier alpha value is -3.66. The molecule has 8 heteroatoms. The largest absolute Gasteiger partial charge is 0.496 e. The van der Waals surface area contributed by atoms with E-state index in [4.69, 9.17) is 33.5 Å². The van der Waals surface area contributed by atoms with Crippen LogP contribution in [0.2, 0.25) is 0 Å². The molecule has 0 saturated carbocycles. The summed E-state index contributed by atoms with van der Waals surface area (Å²) >= 11 is 0. The van der Waals surface area contributed by atoms with Crippen LogP contribution in [0.15, 0.2) is 84.9 Å². The molecule has 1 aliphatic heterocycles. The van der Waals surface area contributed by atoms with Crippen LogP contribution >= 0.6 is 0 Å². The van der Waals surface area contributed by atoms with Gasteiger partial charge in [-0.3, -0.25) is 0 Å². The number of methoxy groups -OCH3 is 3. The normalized spacial score (nSPS) is 16.2. The second-order valence-electron chi connectivity index (χ2n) is 10.5. The van der Waals surface area contributed by atoms with Crippen LogP contribution in [0, 0.1) is 0 Å². The lowest BCUT2D eigenvalue weighted by Crippen LogP contribution is -2.41. The number of aliphatic hydroxyl groups excluding tert-OH is 1. The summed E-state index contributed by atoms with van der Waals surface area (Å²) in [6, 6.07) is 28.1. The van der Waals surface area contributed by atoms with Crippen LogP contribution in [-0.2, 0) is 27.4 Å². The van der Waals surface area contributed by atoms with Gasteiger partial charge in [-0.1, -0.05) is 54.6 Å². The first kappa shape index (κ1) is 33.2. The number of nitrogens with one attached hydrogen (secondary N) is 1. The predicted molar refractivity (Wildman–Crippen MR) is 173 cm³/mol. The highest BCUT2D eigenvalue weighted by Gasteiger charge is 2.27. The smallest absolute Gasteiger partial charge is 0.146 e. The fourth-order valence-electron chi connectivity index (χ4n) is 5.30. The van der Waals surface area contributed by atoms with Crippen LogP contribution in [0.5, 0.6) is 17.2 Å². The van der Waals surface area contributed by atoms with Crippen molar-refractivity contribution in [3.05, 3.63) is 102 Å². The van der Waals surface area contributed by atoms with Crippen LogP contribution in [0.1, 0.15) is 35.4 Å². The summed E-state index contributed by atoms with van der Waals surface area (Å²) in [5.41, 5.74) is 3.22. The monoisotopic (exact) mass is 603 g/mol. The topological polar surface area (TPSA) is 87.6 Å². The molecule has 0 aliphatic carbocycles. The van der Waals surface area contributed by atoms with Crippen molar-refractivity contribution in [1.82, 2.24) is 5.32 Å². The molecular weight excluding hydrogens is 558 g/mol. The molecule has 0 radical (unpaired) electrons. The summed E-state index contributed by atoms with van der Waals surface area (Å²) in [7, 11) is 4.97. The van der Waals surface area contributed by atoms with Crippen molar-refractivity contribution in [2.75, 3.05) is 54.4 Å². The first-order valence-electron chi connectivity index (χ1n) is 15.1. The van der Waals surface area contributed by atoms with E-state index >= 15 is 0 Å². The van der Waals surface area contributed by atoms with Gasteiger partial charge in [0.15, 0.2) is 0 Å². The molecule has 236 valence electrons. The third-order valence-corrected chi connectivity index (χ3v) is 7.57. The molecule has 1 saturated heterocycles. The number of piperidine rings is 1. The number of fused-ring (bicyclic) bond motifs is 1. The fraction of sp³-hybridized carbons (Fsp3) is 0.389. The molecule has 4 aromatic carbocycles. The zero-order valence-electron chi connectivity index (χ0n) is 26.0. The highest BCUT2D eigenvalue weighted by atomic mass is 16.7. The van der Waals surface area contributed by atoms with E-state index in [0.717, 1.165) is 65.1 Å². The van der Waals surface area contributed by atoms with E-state index < -0.39 is 0 Å². The third-order valence-electron chi connectivity index (χ3n) is 7.57. The zero-order chi connectivity index (χ0) is 31.0. The second-order valence-corrected chi connectivity index (χ2v) is 10.5. The molecule has 2 N–H and O–H groups in total. The maximum absolute atomic E-state index is 9.06. The standard InChI is InChI=1S/C24H33NO5.C12H12O2/c1-26-18-30-24-16-25-13-12-22(24)19-8-10-21(11-9-19)29-15-5-14-28-17-20-6-3-4-7-23(20)27-2;1-14-12-7-9(8-13)6-10-4-2-3-5-11(10)12/h3-4,6-11,22,24-25H,5,12-18H2,1-2H3;2-7,13H,8H2,1H3/t22?,24-;/m1./s1. The van der Waals surface area contributed by atoms with Gasteiger partial charge in [-0.05, 0) is 59.8 Å². The van der Waals surface area contributed by atoms with Crippen LogP contribution < -0.4 is 19.5 Å². The highest BCUT2D eigenvalue weighted by molar-refractivity contribution is 5.89. The number of aliphatic hydroxyl groups is 1. The highest BCUT2D eigenvalue weighted by Crippen LogP contribution is 2.29. The van der Waals surface area contributed by atoms with Crippen LogP contribution in [0.3, 0.4) is 0 Å². The van der Waals surface area contributed by atoms with Gasteiger partial charge in [0.1, 0.15) is 24.0 Å². The van der Waals surface area contributed by atoms with Gasteiger partial charge < -0.3 is 38.8 Å². The molecule has 44 heavy (non-hydrogen) atoms. The number of ether oxygens (including phenoxy) is 6. The van der Waals surface area contributed by atoms with Gasteiger partial charge in [-0.2, -0.15) is 0 Å². The number of para-hydroxylation sites is 1. The quantitative estimate of drug-likeness (QED) is 0.132. The minimum Gasteiger partial charge on any atom is -0.496 e. The number of benzene rings is 4. The maximum Gasteiger partial charge on any atom is 0.146 e. The fourth-order valence-corrected chi connectivity index (χ4v) is 5.30. The minimum atomic E-state index is 0.0429. The Kier molecular flexibility index (Phi) is 13.8. The maximum atomic E-state index is 9.06. The number of hydrogen-bond donors (Lipinski definition) is 2. The predicted octanol–water partition coefficient (Wildman–Crippen LogP) is 6.09. The van der Waals surface area contributed by atoms with Crippen LogP contribution in [-0.4, -0.2) is 65.6 Å². The molecular formula is C36H45NO7. The van der Waals surface area contributed by atoms with E-state index in [1.165, 1.54) is 5.56 Å². The summed E-state index contributed by atoms with van der Waals surface area (Å²) in [4.78, 5) is 0. The van der Waals surface area contributed by atoms with Crippen molar-refractivity contribution >= 4 is 10.8 Å². The Labute approximate surface area is 260 Å². The average molecular weight is 604 g/mol. The third kappa shape index (κ3) is 9.67. The lowest BCUT2D eigenvalue weighted by molar-refractivity contribution is -0.0846. The van der Waals surface area contributed by atoms with E-state index in [2.05, 4.69) is 17.4 Å². The molecule has 5 rings (SSSR count). The Morgan fingerprint density at radius 3 is 2.39 bits per heavy atom. The van der Waals surface area contributed by atoms with Crippen LogP contribution in [0.4, 0.5) is 0 Å². The first-order chi connectivity index (χ1) is 21.7. The van der Waals surface area contributed by atoms with Gasteiger partial charge in [0.25, 0.3) is 0 Å². The van der Waals surface area contributed by atoms with Gasteiger partial charge >= 0.3 is 0 Å². The molecule has 0 aromatic heterocycles. The van der Waals surface area contributed by atoms with Crippen LogP contribution in [0.25, 0.3) is 10.8 Å². The molecule has 4 aromatic rings. The lowest BCUT2D eigenvalue weighted by atomic mass is 9.88. The Balaban J connectivity index is 0.000000262. The SMILES string of the molecule is COCO[C@@H]1CNCCC1c1ccc(OCCCOCc2ccccc2OC)cc1.COc1cc(CO)cc2ccccc12. The molecule has 1 unspecified atom stereocenters. The van der Waals surface area contributed by atoms with Crippen molar-refractivity contribution in [2.45, 2.75) is 38.1 Å². The van der Waals surface area contributed by atoms with Crippen molar-refractivity contribution < 1.29 is 33.5 Å². The molecule has 8 nitrogen and oxygen atoms in total. The van der Waals surface area contributed by atoms with Gasteiger partial charge in [0, 0.05) is 36.9 Å². The van der Waals surface area contributed by atoms with Gasteiger partial charge in [-0.15, -0.1) is 0 Å². The zero-order valence-corrected chi connectivity index (χ0v) is 26.0. The summed E-state index contributed by atoms with van der Waals surface area (Å²) in [6.45, 7) is 4.03. The van der Waals surface area contributed by atoms with E-state index in [9.17, 15) is 0 Å². The Morgan fingerprint density at radius 2 is 1.61 bits per heavy atom. The molecule has 1 fully saturated rings. The van der Waals surface area contributed by atoms with Crippen molar-refractivity contribution in [1.29, 1.82) is 0 Å². The van der Waals surface area contributed by atoms with Gasteiger partial charge in [-0.25, -0.2) is 0 Å². The molecule has 2 atom stereocenters. The molecule has 1 aliphatic rings. The first-order valence-corrected chi connectivity index (χ1v) is 15.1. The molecule has 0 spiro atoms. The van der Waals surface area contributed by atoms with E-state index in [0.29, 0.717) is 32.5 Å².